The minimum atomic E-state index is -0.809. The first-order chi connectivity index (χ1) is 8.91. The molecule has 19 heavy (non-hydrogen) atoms. The number of aromatic nitrogens is 2. The molecule has 1 aromatic heterocycles. The second kappa shape index (κ2) is 5.03. The Morgan fingerprint density at radius 1 is 1.58 bits per heavy atom. The van der Waals surface area contributed by atoms with Crippen molar-refractivity contribution in [2.75, 3.05) is 5.32 Å². The van der Waals surface area contributed by atoms with Crippen LogP contribution in [-0.2, 0) is 4.79 Å². The largest absolute Gasteiger partial charge is 0.481 e. The fraction of sp³-hybridized carbons (Fsp3) is 0.615. The molecule has 1 aliphatic carbocycles. The van der Waals surface area contributed by atoms with Gasteiger partial charge >= 0.3 is 5.97 Å². The molecule has 6 heteroatoms. The lowest BCUT2D eigenvalue weighted by Gasteiger charge is -2.38. The van der Waals surface area contributed by atoms with Gasteiger partial charge in [0.25, 0.3) is 5.56 Å². The number of nitrogens with zero attached hydrogens (tertiary/aromatic N) is 1. The average Bonchev–Trinajstić information content (AvgIpc) is 2.30. The van der Waals surface area contributed by atoms with Crippen molar-refractivity contribution in [1.82, 2.24) is 9.97 Å². The summed E-state index contributed by atoms with van der Waals surface area (Å²) < 4.78 is 0. The number of carboxylic acids is 1. The number of aryl methyl sites for hydroxylation is 1. The highest BCUT2D eigenvalue weighted by molar-refractivity contribution is 5.76. The number of carboxylic acid groups (broad SMARTS) is 1. The van der Waals surface area contributed by atoms with Crippen molar-refractivity contribution in [3.05, 3.63) is 22.2 Å². The number of H-pyrrole nitrogens is 1. The predicted octanol–water partition coefficient (Wildman–Crippen LogP) is 1.52. The van der Waals surface area contributed by atoms with Crippen molar-refractivity contribution in [1.29, 1.82) is 0 Å². The number of hydrogen-bond acceptors (Lipinski definition) is 4. The molecule has 1 fully saturated rings. The van der Waals surface area contributed by atoms with E-state index < -0.39 is 11.4 Å². The molecule has 0 aliphatic heterocycles. The summed E-state index contributed by atoms with van der Waals surface area (Å²) in [6.45, 7) is 3.45. The topological polar surface area (TPSA) is 95.1 Å². The fourth-order valence-corrected chi connectivity index (χ4v) is 2.65. The average molecular weight is 265 g/mol. The van der Waals surface area contributed by atoms with E-state index in [0.717, 1.165) is 19.3 Å². The van der Waals surface area contributed by atoms with Crippen LogP contribution >= 0.6 is 0 Å². The molecule has 3 N–H and O–H groups in total. The van der Waals surface area contributed by atoms with Gasteiger partial charge in [0.05, 0.1) is 5.41 Å². The Balaban J connectivity index is 2.25. The van der Waals surface area contributed by atoms with E-state index in [1.54, 1.807) is 13.8 Å². The van der Waals surface area contributed by atoms with Crippen LogP contribution < -0.4 is 10.9 Å². The van der Waals surface area contributed by atoms with Crippen LogP contribution in [0.4, 0.5) is 5.82 Å². The molecule has 0 bridgehead atoms. The Hall–Kier alpha value is -1.85. The van der Waals surface area contributed by atoms with Crippen molar-refractivity contribution in [3.8, 4) is 0 Å². The molecule has 1 aromatic rings. The van der Waals surface area contributed by atoms with Gasteiger partial charge in [0, 0.05) is 12.1 Å². The van der Waals surface area contributed by atoms with E-state index >= 15 is 0 Å². The summed E-state index contributed by atoms with van der Waals surface area (Å²) in [5.74, 6) is 0.162. The summed E-state index contributed by atoms with van der Waals surface area (Å²) in [5, 5.41) is 12.5. The Kier molecular flexibility index (Phi) is 3.59. The lowest BCUT2D eigenvalue weighted by atomic mass is 9.71. The van der Waals surface area contributed by atoms with Gasteiger partial charge in [-0.15, -0.1) is 0 Å². The van der Waals surface area contributed by atoms with Gasteiger partial charge in [-0.25, -0.2) is 4.98 Å². The first-order valence-corrected chi connectivity index (χ1v) is 6.50. The van der Waals surface area contributed by atoms with Gasteiger partial charge in [0.2, 0.25) is 0 Å². The van der Waals surface area contributed by atoms with Crippen LogP contribution in [0.3, 0.4) is 0 Å². The summed E-state index contributed by atoms with van der Waals surface area (Å²) >= 11 is 0. The highest BCUT2D eigenvalue weighted by Gasteiger charge is 2.43. The first kappa shape index (κ1) is 13.6. The number of aliphatic carboxylic acids is 1. The van der Waals surface area contributed by atoms with E-state index in [2.05, 4.69) is 15.3 Å². The first-order valence-electron chi connectivity index (χ1n) is 6.50. The van der Waals surface area contributed by atoms with Gasteiger partial charge < -0.3 is 15.4 Å². The molecule has 1 heterocycles. The van der Waals surface area contributed by atoms with Gasteiger partial charge in [-0.3, -0.25) is 9.59 Å². The summed E-state index contributed by atoms with van der Waals surface area (Å²) in [6.07, 6.45) is 3.32. The SMILES string of the molecule is Cc1nc(NC2CCCCC2(C)C(=O)O)cc(=O)[nH]1. The molecular formula is C13H19N3O3. The number of hydrogen-bond donors (Lipinski definition) is 3. The third kappa shape index (κ3) is 2.77. The molecule has 2 atom stereocenters. The van der Waals surface area contributed by atoms with Gasteiger partial charge in [0.15, 0.2) is 0 Å². The number of rotatable bonds is 3. The molecule has 1 saturated carbocycles. The Morgan fingerprint density at radius 3 is 2.95 bits per heavy atom. The van der Waals surface area contributed by atoms with Gasteiger partial charge in [-0.2, -0.15) is 0 Å². The molecule has 104 valence electrons. The smallest absolute Gasteiger partial charge is 0.311 e. The quantitative estimate of drug-likeness (QED) is 0.770. The zero-order valence-electron chi connectivity index (χ0n) is 11.2. The maximum Gasteiger partial charge on any atom is 0.311 e. The number of aromatic amines is 1. The van der Waals surface area contributed by atoms with Gasteiger partial charge in [-0.05, 0) is 26.7 Å². The van der Waals surface area contributed by atoms with Gasteiger partial charge in [0.1, 0.15) is 11.6 Å². The fourth-order valence-electron chi connectivity index (χ4n) is 2.65. The van der Waals surface area contributed by atoms with E-state index in [0.29, 0.717) is 18.1 Å². The number of carbonyl (C=O) groups is 1. The molecular weight excluding hydrogens is 246 g/mol. The minimum absolute atomic E-state index is 0.201. The molecule has 0 amide bonds. The minimum Gasteiger partial charge on any atom is -0.481 e. The van der Waals surface area contributed by atoms with E-state index in [9.17, 15) is 14.7 Å². The number of anilines is 1. The van der Waals surface area contributed by atoms with E-state index in [-0.39, 0.29) is 11.6 Å². The molecule has 0 spiro atoms. The maximum atomic E-state index is 11.5. The van der Waals surface area contributed by atoms with Crippen LogP contribution in [0.5, 0.6) is 0 Å². The predicted molar refractivity (Wildman–Crippen MR) is 71.2 cm³/mol. The van der Waals surface area contributed by atoms with Crippen molar-refractivity contribution in [3.63, 3.8) is 0 Å². The Morgan fingerprint density at radius 2 is 2.32 bits per heavy atom. The molecule has 0 aromatic carbocycles. The van der Waals surface area contributed by atoms with Crippen molar-refractivity contribution in [2.45, 2.75) is 45.6 Å². The van der Waals surface area contributed by atoms with Crippen molar-refractivity contribution >= 4 is 11.8 Å². The second-order valence-electron chi connectivity index (χ2n) is 5.38. The van der Waals surface area contributed by atoms with Gasteiger partial charge in [-0.1, -0.05) is 12.8 Å². The van der Waals surface area contributed by atoms with Crippen LogP contribution in [0.25, 0.3) is 0 Å². The summed E-state index contributed by atoms with van der Waals surface area (Å²) in [7, 11) is 0. The lowest BCUT2D eigenvalue weighted by molar-refractivity contribution is -0.150. The summed E-state index contributed by atoms with van der Waals surface area (Å²) in [5.41, 5.74) is -1.04. The molecule has 0 saturated heterocycles. The molecule has 6 nitrogen and oxygen atoms in total. The van der Waals surface area contributed by atoms with Crippen LogP contribution in [-0.4, -0.2) is 27.1 Å². The Labute approximate surface area is 111 Å². The van der Waals surface area contributed by atoms with Crippen LogP contribution in [0.2, 0.25) is 0 Å². The third-order valence-electron chi connectivity index (χ3n) is 3.88. The highest BCUT2D eigenvalue weighted by Crippen LogP contribution is 2.37. The molecule has 1 aliphatic rings. The zero-order valence-corrected chi connectivity index (χ0v) is 11.2. The molecule has 0 radical (unpaired) electrons. The summed E-state index contributed by atoms with van der Waals surface area (Å²) in [4.78, 5) is 29.6. The van der Waals surface area contributed by atoms with Crippen molar-refractivity contribution in [2.24, 2.45) is 5.41 Å². The van der Waals surface area contributed by atoms with E-state index in [1.807, 2.05) is 0 Å². The van der Waals surface area contributed by atoms with E-state index in [4.69, 9.17) is 0 Å². The third-order valence-corrected chi connectivity index (χ3v) is 3.88. The van der Waals surface area contributed by atoms with Crippen LogP contribution in [0, 0.1) is 12.3 Å². The second-order valence-corrected chi connectivity index (χ2v) is 5.38. The Bertz CT molecular complexity index is 540. The monoisotopic (exact) mass is 265 g/mol. The van der Waals surface area contributed by atoms with Crippen LogP contribution in [0.1, 0.15) is 38.4 Å². The number of nitrogens with one attached hydrogen (secondary N) is 2. The van der Waals surface area contributed by atoms with Crippen LogP contribution in [0.15, 0.2) is 10.9 Å². The maximum absolute atomic E-state index is 11.5. The normalized spacial score (nSPS) is 26.9. The standard InChI is InChI=1S/C13H19N3O3/c1-8-14-10(7-11(17)15-8)16-9-5-3-4-6-13(9,2)12(18)19/h7,9H,3-6H2,1-2H3,(H,18,19)(H2,14,15,16,17). The summed E-state index contributed by atoms with van der Waals surface area (Å²) in [6, 6.07) is 1.16. The van der Waals surface area contributed by atoms with E-state index in [1.165, 1.54) is 6.07 Å². The van der Waals surface area contributed by atoms with Crippen molar-refractivity contribution < 1.29 is 9.90 Å². The molecule has 2 rings (SSSR count). The lowest BCUT2D eigenvalue weighted by Crippen LogP contribution is -2.46. The zero-order chi connectivity index (χ0) is 14.0. The highest BCUT2D eigenvalue weighted by atomic mass is 16.4. The molecule has 2 unspecified atom stereocenters.